The van der Waals surface area contributed by atoms with E-state index in [0.29, 0.717) is 32.1 Å². The van der Waals surface area contributed by atoms with Gasteiger partial charge in [-0.05, 0) is 25.3 Å². The number of carbonyl (C=O) groups excluding carboxylic acids is 2. The van der Waals surface area contributed by atoms with Gasteiger partial charge >= 0.3 is 0 Å². The molecule has 2 amide bonds. The number of hydrogen-bond donors (Lipinski definition) is 1. The SMILES string of the molecule is Cc1ccc(CC(=O)N2CCN(CC(=O)NC3CCCCCC3)CC2)cc1. The Morgan fingerprint density at radius 3 is 2.22 bits per heavy atom. The minimum absolute atomic E-state index is 0.140. The van der Waals surface area contributed by atoms with E-state index in [1.807, 2.05) is 29.2 Å². The average molecular weight is 372 g/mol. The van der Waals surface area contributed by atoms with Crippen LogP contribution in [-0.2, 0) is 16.0 Å². The third-order valence-electron chi connectivity index (χ3n) is 5.79. The van der Waals surface area contributed by atoms with Crippen LogP contribution < -0.4 is 5.32 Å². The van der Waals surface area contributed by atoms with Crippen molar-refractivity contribution in [2.75, 3.05) is 32.7 Å². The molecule has 2 aliphatic rings. The summed E-state index contributed by atoms with van der Waals surface area (Å²) >= 11 is 0. The molecule has 1 aliphatic carbocycles. The van der Waals surface area contributed by atoms with Crippen LogP contribution in [0.15, 0.2) is 24.3 Å². The van der Waals surface area contributed by atoms with E-state index in [-0.39, 0.29) is 11.8 Å². The normalized spacial score (nSPS) is 19.5. The topological polar surface area (TPSA) is 52.7 Å². The molecule has 1 heterocycles. The maximum Gasteiger partial charge on any atom is 0.234 e. The number of benzene rings is 1. The lowest BCUT2D eigenvalue weighted by Gasteiger charge is -2.34. The highest BCUT2D eigenvalue weighted by Gasteiger charge is 2.23. The van der Waals surface area contributed by atoms with Crippen LogP contribution in [0.2, 0.25) is 0 Å². The first kappa shape index (κ1) is 19.9. The summed E-state index contributed by atoms with van der Waals surface area (Å²) in [6.45, 7) is 5.48. The molecule has 1 aliphatic heterocycles. The highest BCUT2D eigenvalue weighted by Crippen LogP contribution is 2.17. The van der Waals surface area contributed by atoms with Gasteiger partial charge in [0.05, 0.1) is 13.0 Å². The number of rotatable bonds is 5. The molecule has 2 fully saturated rings. The Morgan fingerprint density at radius 2 is 1.59 bits per heavy atom. The van der Waals surface area contributed by atoms with Gasteiger partial charge in [-0.1, -0.05) is 55.5 Å². The summed E-state index contributed by atoms with van der Waals surface area (Å²) in [5.74, 6) is 0.322. The molecular formula is C22H33N3O2. The zero-order chi connectivity index (χ0) is 19.1. The Kier molecular flexibility index (Phi) is 7.27. The lowest BCUT2D eigenvalue weighted by atomic mass is 10.1. The first-order valence-corrected chi connectivity index (χ1v) is 10.5. The number of aryl methyl sites for hydroxylation is 1. The summed E-state index contributed by atoms with van der Waals surface area (Å²) in [5.41, 5.74) is 2.28. The molecule has 148 valence electrons. The summed E-state index contributed by atoms with van der Waals surface area (Å²) in [6, 6.07) is 8.51. The Hall–Kier alpha value is -1.88. The standard InChI is InChI=1S/C22H33N3O2/c1-18-8-10-19(11-9-18)16-22(27)25-14-12-24(13-15-25)17-21(26)23-20-6-4-2-3-5-7-20/h8-11,20H,2-7,12-17H2,1H3,(H,23,26). The molecule has 5 nitrogen and oxygen atoms in total. The zero-order valence-electron chi connectivity index (χ0n) is 16.6. The van der Waals surface area contributed by atoms with Crippen LogP contribution in [0.3, 0.4) is 0 Å². The Balaban J connectivity index is 1.38. The van der Waals surface area contributed by atoms with Gasteiger partial charge in [0.25, 0.3) is 0 Å². The number of hydrogen-bond acceptors (Lipinski definition) is 3. The summed E-state index contributed by atoms with van der Waals surface area (Å²) in [7, 11) is 0. The molecule has 0 bridgehead atoms. The van der Waals surface area contributed by atoms with Crippen LogP contribution in [0.4, 0.5) is 0 Å². The lowest BCUT2D eigenvalue weighted by molar-refractivity contribution is -0.132. The molecule has 1 aromatic carbocycles. The molecule has 5 heteroatoms. The Labute approximate surface area is 163 Å². The van der Waals surface area contributed by atoms with Crippen LogP contribution in [0.25, 0.3) is 0 Å². The van der Waals surface area contributed by atoms with Crippen molar-refractivity contribution in [2.24, 2.45) is 0 Å². The van der Waals surface area contributed by atoms with E-state index < -0.39 is 0 Å². The quantitative estimate of drug-likeness (QED) is 0.809. The van der Waals surface area contributed by atoms with Crippen LogP contribution in [0, 0.1) is 6.92 Å². The number of amides is 2. The first-order chi connectivity index (χ1) is 13.1. The van der Waals surface area contributed by atoms with Crippen LogP contribution in [-0.4, -0.2) is 60.4 Å². The molecule has 0 atom stereocenters. The van der Waals surface area contributed by atoms with Gasteiger partial charge < -0.3 is 10.2 Å². The third-order valence-corrected chi connectivity index (χ3v) is 5.79. The molecule has 3 rings (SSSR count). The number of carbonyl (C=O) groups is 2. The lowest BCUT2D eigenvalue weighted by Crippen LogP contribution is -2.52. The molecular weight excluding hydrogens is 338 g/mol. The summed E-state index contributed by atoms with van der Waals surface area (Å²) in [6.07, 6.45) is 7.75. The Bertz CT molecular complexity index is 613. The highest BCUT2D eigenvalue weighted by atomic mass is 16.2. The smallest absolute Gasteiger partial charge is 0.234 e. The number of nitrogens with zero attached hydrogens (tertiary/aromatic N) is 2. The van der Waals surface area contributed by atoms with Gasteiger partial charge in [-0.2, -0.15) is 0 Å². The fourth-order valence-electron chi connectivity index (χ4n) is 4.05. The second-order valence-electron chi connectivity index (χ2n) is 8.08. The third kappa shape index (κ3) is 6.35. The van der Waals surface area contributed by atoms with E-state index in [4.69, 9.17) is 0 Å². The maximum atomic E-state index is 12.5. The van der Waals surface area contributed by atoms with Crippen molar-refractivity contribution in [3.63, 3.8) is 0 Å². The monoisotopic (exact) mass is 371 g/mol. The van der Waals surface area contributed by atoms with Crippen molar-refractivity contribution >= 4 is 11.8 Å². The summed E-state index contributed by atoms with van der Waals surface area (Å²) < 4.78 is 0. The van der Waals surface area contributed by atoms with Gasteiger partial charge in [0.2, 0.25) is 11.8 Å². The van der Waals surface area contributed by atoms with Crippen molar-refractivity contribution in [1.82, 2.24) is 15.1 Å². The van der Waals surface area contributed by atoms with Gasteiger partial charge in [0.1, 0.15) is 0 Å². The molecule has 0 aromatic heterocycles. The van der Waals surface area contributed by atoms with Gasteiger partial charge in [0, 0.05) is 32.2 Å². The number of nitrogens with one attached hydrogen (secondary N) is 1. The first-order valence-electron chi connectivity index (χ1n) is 10.5. The van der Waals surface area contributed by atoms with E-state index >= 15 is 0 Å². The Morgan fingerprint density at radius 1 is 0.963 bits per heavy atom. The zero-order valence-corrected chi connectivity index (χ0v) is 16.6. The van der Waals surface area contributed by atoms with E-state index in [1.54, 1.807) is 0 Å². The second kappa shape index (κ2) is 9.88. The molecule has 1 N–H and O–H groups in total. The molecule has 0 spiro atoms. The fourth-order valence-corrected chi connectivity index (χ4v) is 4.05. The van der Waals surface area contributed by atoms with E-state index in [0.717, 1.165) is 31.5 Å². The molecule has 1 aromatic rings. The molecule has 0 radical (unpaired) electrons. The van der Waals surface area contributed by atoms with Gasteiger partial charge in [-0.3, -0.25) is 14.5 Å². The van der Waals surface area contributed by atoms with Crippen molar-refractivity contribution in [2.45, 2.75) is 57.9 Å². The fraction of sp³-hybridized carbons (Fsp3) is 0.636. The van der Waals surface area contributed by atoms with Gasteiger partial charge in [0.15, 0.2) is 0 Å². The van der Waals surface area contributed by atoms with Crippen LogP contribution in [0.5, 0.6) is 0 Å². The van der Waals surface area contributed by atoms with Crippen molar-refractivity contribution in [1.29, 1.82) is 0 Å². The minimum atomic E-state index is 0.140. The molecule has 0 unspecified atom stereocenters. The second-order valence-corrected chi connectivity index (χ2v) is 8.08. The van der Waals surface area contributed by atoms with E-state index in [1.165, 1.54) is 31.2 Å². The highest BCUT2D eigenvalue weighted by molar-refractivity contribution is 5.79. The van der Waals surface area contributed by atoms with Crippen molar-refractivity contribution < 1.29 is 9.59 Å². The average Bonchev–Trinajstić information content (AvgIpc) is 2.92. The van der Waals surface area contributed by atoms with E-state index in [2.05, 4.69) is 17.1 Å². The van der Waals surface area contributed by atoms with Gasteiger partial charge in [-0.15, -0.1) is 0 Å². The van der Waals surface area contributed by atoms with Crippen LogP contribution >= 0.6 is 0 Å². The van der Waals surface area contributed by atoms with Crippen LogP contribution in [0.1, 0.15) is 49.7 Å². The molecule has 27 heavy (non-hydrogen) atoms. The van der Waals surface area contributed by atoms with Gasteiger partial charge in [-0.25, -0.2) is 0 Å². The predicted molar refractivity (Wildman–Crippen MR) is 108 cm³/mol. The van der Waals surface area contributed by atoms with Crippen molar-refractivity contribution in [3.05, 3.63) is 35.4 Å². The summed E-state index contributed by atoms with van der Waals surface area (Å²) in [5, 5.41) is 3.22. The largest absolute Gasteiger partial charge is 0.352 e. The number of piperazine rings is 1. The molecule has 1 saturated heterocycles. The van der Waals surface area contributed by atoms with Crippen molar-refractivity contribution in [3.8, 4) is 0 Å². The van der Waals surface area contributed by atoms with E-state index in [9.17, 15) is 9.59 Å². The predicted octanol–water partition coefficient (Wildman–Crippen LogP) is 2.52. The maximum absolute atomic E-state index is 12.5. The minimum Gasteiger partial charge on any atom is -0.352 e. The summed E-state index contributed by atoms with van der Waals surface area (Å²) in [4.78, 5) is 28.9. The molecule has 1 saturated carbocycles.